The third kappa shape index (κ3) is 4.92. The zero-order valence-corrected chi connectivity index (χ0v) is 16.4. The van der Waals surface area contributed by atoms with E-state index in [1.807, 2.05) is 61.5 Å². The van der Waals surface area contributed by atoms with Crippen LogP contribution < -0.4 is 9.64 Å². The van der Waals surface area contributed by atoms with E-state index in [2.05, 4.69) is 17.1 Å². The Morgan fingerprint density at radius 1 is 1.07 bits per heavy atom. The summed E-state index contributed by atoms with van der Waals surface area (Å²) in [6, 6.07) is 17.4. The standard InChI is InChI=1S/C21H23N3O2S/c1-3-4-14-24(19(25)15-26-17-11-6-5-7-12-17)21-23-22-20(27-21)18-13-9-8-10-16(18)2/h5-13H,3-4,14-15H2,1-2H3. The van der Waals surface area contributed by atoms with Crippen molar-refractivity contribution in [1.82, 2.24) is 10.2 Å². The van der Waals surface area contributed by atoms with Gasteiger partial charge in [0, 0.05) is 12.1 Å². The van der Waals surface area contributed by atoms with E-state index in [4.69, 9.17) is 4.74 Å². The smallest absolute Gasteiger partial charge is 0.266 e. The summed E-state index contributed by atoms with van der Waals surface area (Å²) >= 11 is 1.44. The quantitative estimate of drug-likeness (QED) is 0.566. The van der Waals surface area contributed by atoms with Crippen molar-refractivity contribution < 1.29 is 9.53 Å². The molecule has 1 amide bonds. The van der Waals surface area contributed by atoms with Crippen molar-refractivity contribution in [2.24, 2.45) is 0 Å². The van der Waals surface area contributed by atoms with Crippen molar-refractivity contribution >= 4 is 22.4 Å². The average Bonchev–Trinajstić information content (AvgIpc) is 3.17. The predicted octanol–water partition coefficient (Wildman–Crippen LogP) is 4.73. The minimum atomic E-state index is -0.111. The van der Waals surface area contributed by atoms with Crippen LogP contribution in [0.2, 0.25) is 0 Å². The van der Waals surface area contributed by atoms with Gasteiger partial charge in [-0.2, -0.15) is 0 Å². The van der Waals surface area contributed by atoms with Gasteiger partial charge >= 0.3 is 0 Å². The van der Waals surface area contributed by atoms with E-state index < -0.39 is 0 Å². The van der Waals surface area contributed by atoms with Gasteiger partial charge in [0.25, 0.3) is 5.91 Å². The van der Waals surface area contributed by atoms with Crippen LogP contribution in [-0.2, 0) is 4.79 Å². The van der Waals surface area contributed by atoms with Crippen molar-refractivity contribution in [1.29, 1.82) is 0 Å². The van der Waals surface area contributed by atoms with E-state index >= 15 is 0 Å². The van der Waals surface area contributed by atoms with Gasteiger partial charge in [-0.15, -0.1) is 10.2 Å². The molecule has 0 fully saturated rings. The van der Waals surface area contributed by atoms with E-state index in [-0.39, 0.29) is 12.5 Å². The summed E-state index contributed by atoms with van der Waals surface area (Å²) in [4.78, 5) is 14.5. The fourth-order valence-corrected chi connectivity index (χ4v) is 3.61. The highest BCUT2D eigenvalue weighted by atomic mass is 32.1. The Morgan fingerprint density at radius 3 is 2.56 bits per heavy atom. The summed E-state index contributed by atoms with van der Waals surface area (Å²) in [7, 11) is 0. The number of para-hydroxylation sites is 1. The second-order valence-corrected chi connectivity index (χ2v) is 7.16. The molecule has 140 valence electrons. The van der Waals surface area contributed by atoms with Gasteiger partial charge < -0.3 is 4.74 Å². The molecule has 2 aromatic carbocycles. The van der Waals surface area contributed by atoms with E-state index in [1.165, 1.54) is 11.3 Å². The highest BCUT2D eigenvalue weighted by Crippen LogP contribution is 2.31. The highest BCUT2D eigenvalue weighted by molar-refractivity contribution is 7.18. The number of anilines is 1. The summed E-state index contributed by atoms with van der Waals surface area (Å²) in [6.45, 7) is 4.73. The fourth-order valence-electron chi connectivity index (χ4n) is 2.63. The van der Waals surface area contributed by atoms with Crippen LogP contribution in [0.1, 0.15) is 25.3 Å². The summed E-state index contributed by atoms with van der Waals surface area (Å²) in [5.74, 6) is 0.568. The van der Waals surface area contributed by atoms with Gasteiger partial charge in [-0.25, -0.2) is 0 Å². The first kappa shape index (κ1) is 19.0. The Morgan fingerprint density at radius 2 is 1.81 bits per heavy atom. The van der Waals surface area contributed by atoms with Crippen LogP contribution in [0.4, 0.5) is 5.13 Å². The number of benzene rings is 2. The predicted molar refractivity (Wildman–Crippen MR) is 109 cm³/mol. The molecule has 5 nitrogen and oxygen atoms in total. The SMILES string of the molecule is CCCCN(C(=O)COc1ccccc1)c1nnc(-c2ccccc2C)s1. The lowest BCUT2D eigenvalue weighted by atomic mass is 10.1. The minimum Gasteiger partial charge on any atom is -0.484 e. The van der Waals surface area contributed by atoms with Gasteiger partial charge in [0.05, 0.1) is 0 Å². The molecule has 1 aromatic heterocycles. The average molecular weight is 382 g/mol. The number of unbranched alkanes of at least 4 members (excludes halogenated alkanes) is 1. The maximum atomic E-state index is 12.8. The first-order chi connectivity index (χ1) is 13.2. The van der Waals surface area contributed by atoms with Crippen LogP contribution in [-0.4, -0.2) is 29.3 Å². The van der Waals surface area contributed by atoms with Crippen LogP contribution in [0.25, 0.3) is 10.6 Å². The number of amides is 1. The van der Waals surface area contributed by atoms with Crippen LogP contribution in [0.15, 0.2) is 54.6 Å². The zero-order valence-electron chi connectivity index (χ0n) is 15.6. The van der Waals surface area contributed by atoms with Crippen LogP contribution in [0.5, 0.6) is 5.75 Å². The molecule has 6 heteroatoms. The lowest BCUT2D eigenvalue weighted by Gasteiger charge is -2.19. The van der Waals surface area contributed by atoms with Crippen LogP contribution >= 0.6 is 11.3 Å². The molecule has 0 radical (unpaired) electrons. The van der Waals surface area contributed by atoms with Crippen LogP contribution in [0.3, 0.4) is 0 Å². The van der Waals surface area contributed by atoms with Gasteiger partial charge in [-0.05, 0) is 31.0 Å². The molecule has 27 heavy (non-hydrogen) atoms. The lowest BCUT2D eigenvalue weighted by molar-refractivity contribution is -0.120. The van der Waals surface area contributed by atoms with Crippen molar-refractivity contribution in [2.45, 2.75) is 26.7 Å². The molecule has 0 spiro atoms. The fraction of sp³-hybridized carbons (Fsp3) is 0.286. The number of hydrogen-bond acceptors (Lipinski definition) is 5. The van der Waals surface area contributed by atoms with E-state index in [0.29, 0.717) is 17.4 Å². The second kappa shape index (κ2) is 9.28. The number of aryl methyl sites for hydroxylation is 1. The number of nitrogens with zero attached hydrogens (tertiary/aromatic N) is 3. The molecular formula is C21H23N3O2S. The number of carbonyl (C=O) groups excluding carboxylic acids is 1. The molecular weight excluding hydrogens is 358 g/mol. The summed E-state index contributed by atoms with van der Waals surface area (Å²) < 4.78 is 5.63. The highest BCUT2D eigenvalue weighted by Gasteiger charge is 2.21. The maximum absolute atomic E-state index is 12.8. The van der Waals surface area contributed by atoms with Crippen molar-refractivity contribution in [3.8, 4) is 16.3 Å². The second-order valence-electron chi connectivity index (χ2n) is 6.21. The molecule has 1 heterocycles. The Bertz CT molecular complexity index is 880. The largest absolute Gasteiger partial charge is 0.484 e. The Hall–Kier alpha value is -2.73. The number of hydrogen-bond donors (Lipinski definition) is 0. The third-order valence-electron chi connectivity index (χ3n) is 4.16. The Balaban J connectivity index is 1.76. The van der Waals surface area contributed by atoms with Gasteiger partial charge in [0.1, 0.15) is 10.8 Å². The molecule has 0 aliphatic rings. The molecule has 0 saturated heterocycles. The van der Waals surface area contributed by atoms with Gasteiger partial charge in [0.15, 0.2) is 6.61 Å². The molecule has 0 unspecified atom stereocenters. The monoisotopic (exact) mass is 381 g/mol. The maximum Gasteiger partial charge on any atom is 0.266 e. The van der Waals surface area contributed by atoms with Crippen molar-refractivity contribution in [2.75, 3.05) is 18.1 Å². The number of rotatable bonds is 8. The molecule has 0 atom stereocenters. The molecule has 0 aliphatic heterocycles. The van der Waals surface area contributed by atoms with Gasteiger partial charge in [-0.1, -0.05) is 67.1 Å². The molecule has 0 saturated carbocycles. The van der Waals surface area contributed by atoms with Gasteiger partial charge in [-0.3, -0.25) is 9.69 Å². The van der Waals surface area contributed by atoms with E-state index in [0.717, 1.165) is 29.0 Å². The van der Waals surface area contributed by atoms with E-state index in [1.54, 1.807) is 4.90 Å². The van der Waals surface area contributed by atoms with Gasteiger partial charge in [0.2, 0.25) is 5.13 Å². The van der Waals surface area contributed by atoms with Crippen LogP contribution in [0, 0.1) is 6.92 Å². The number of ether oxygens (including phenoxy) is 1. The first-order valence-electron chi connectivity index (χ1n) is 9.06. The Labute approximate surface area is 163 Å². The molecule has 0 aliphatic carbocycles. The van der Waals surface area contributed by atoms with E-state index in [9.17, 15) is 4.79 Å². The third-order valence-corrected chi connectivity index (χ3v) is 5.14. The topological polar surface area (TPSA) is 55.3 Å². The minimum absolute atomic E-state index is 0.0208. The first-order valence-corrected chi connectivity index (χ1v) is 9.88. The summed E-state index contributed by atoms with van der Waals surface area (Å²) in [5, 5.41) is 10.0. The lowest BCUT2D eigenvalue weighted by Crippen LogP contribution is -2.35. The molecule has 0 N–H and O–H groups in total. The summed E-state index contributed by atoms with van der Waals surface area (Å²) in [5.41, 5.74) is 2.18. The zero-order chi connectivity index (χ0) is 19.1. The summed E-state index contributed by atoms with van der Waals surface area (Å²) in [6.07, 6.45) is 1.89. The number of carbonyl (C=O) groups is 1. The Kier molecular flexibility index (Phi) is 6.54. The molecule has 0 bridgehead atoms. The van der Waals surface area contributed by atoms with Crippen molar-refractivity contribution in [3.63, 3.8) is 0 Å². The molecule has 3 aromatic rings. The van der Waals surface area contributed by atoms with Crippen molar-refractivity contribution in [3.05, 3.63) is 60.2 Å². The normalized spacial score (nSPS) is 10.6. The molecule has 3 rings (SSSR count). The number of aromatic nitrogens is 2.